The van der Waals surface area contributed by atoms with Gasteiger partial charge in [0.25, 0.3) is 0 Å². The van der Waals surface area contributed by atoms with E-state index >= 15 is 0 Å². The maximum atomic E-state index is 13.3. The van der Waals surface area contributed by atoms with Gasteiger partial charge in [0.2, 0.25) is 5.91 Å². The smallest absolute Gasteiger partial charge is 0.326 e. The number of nitrogens with zero attached hydrogens (tertiary/aromatic N) is 2. The van der Waals surface area contributed by atoms with E-state index in [0.29, 0.717) is 30.3 Å². The van der Waals surface area contributed by atoms with Gasteiger partial charge in [0, 0.05) is 23.5 Å². The SMILES string of the molecule is Cc1nn(CC(C)C)c(C)c1CC(=O)Nc1ccc(F)c(C(F)(F)F)c1. The number of aromatic nitrogens is 2. The molecule has 2 aromatic rings. The first kappa shape index (κ1) is 19.9. The highest BCUT2D eigenvalue weighted by atomic mass is 19.4. The number of carbonyl (C=O) groups excluding carboxylic acids is 1. The quantitative estimate of drug-likeness (QED) is 0.787. The van der Waals surface area contributed by atoms with E-state index in [2.05, 4.69) is 24.3 Å². The zero-order valence-electron chi connectivity index (χ0n) is 15.0. The number of anilines is 1. The van der Waals surface area contributed by atoms with E-state index < -0.39 is 23.5 Å². The summed E-state index contributed by atoms with van der Waals surface area (Å²) in [7, 11) is 0. The molecule has 0 fully saturated rings. The fraction of sp³-hybridized carbons (Fsp3) is 0.444. The molecule has 0 aliphatic heterocycles. The molecule has 1 heterocycles. The maximum absolute atomic E-state index is 13.3. The van der Waals surface area contributed by atoms with Gasteiger partial charge < -0.3 is 5.32 Å². The normalized spacial score (nSPS) is 11.9. The lowest BCUT2D eigenvalue weighted by molar-refractivity contribution is -0.140. The van der Waals surface area contributed by atoms with E-state index in [1.165, 1.54) is 0 Å². The number of nitrogens with one attached hydrogen (secondary N) is 1. The molecule has 0 saturated carbocycles. The first-order valence-corrected chi connectivity index (χ1v) is 8.18. The van der Waals surface area contributed by atoms with Crippen LogP contribution in [-0.4, -0.2) is 15.7 Å². The second-order valence-corrected chi connectivity index (χ2v) is 6.64. The molecule has 142 valence electrons. The molecule has 2 rings (SSSR count). The predicted octanol–water partition coefficient (Wildman–Crippen LogP) is 4.50. The van der Waals surface area contributed by atoms with Crippen LogP contribution in [0.3, 0.4) is 0 Å². The van der Waals surface area contributed by atoms with Gasteiger partial charge in [-0.05, 0) is 38.0 Å². The fourth-order valence-electron chi connectivity index (χ4n) is 2.70. The molecule has 0 saturated heterocycles. The van der Waals surface area contributed by atoms with Crippen molar-refractivity contribution in [2.24, 2.45) is 5.92 Å². The van der Waals surface area contributed by atoms with Gasteiger partial charge in [-0.25, -0.2) is 4.39 Å². The molecule has 1 aromatic carbocycles. The Labute approximate surface area is 149 Å². The standard InChI is InChI=1S/C18H21F4N3O/c1-10(2)9-25-12(4)14(11(3)24-25)8-17(26)23-13-5-6-16(19)15(7-13)18(20,21)22/h5-7,10H,8-9H2,1-4H3,(H,23,26). The summed E-state index contributed by atoms with van der Waals surface area (Å²) in [5.74, 6) is -1.48. The van der Waals surface area contributed by atoms with Crippen LogP contribution >= 0.6 is 0 Å². The van der Waals surface area contributed by atoms with Crippen LogP contribution in [0.1, 0.15) is 36.4 Å². The minimum atomic E-state index is -4.82. The Morgan fingerprint density at radius 1 is 1.27 bits per heavy atom. The van der Waals surface area contributed by atoms with Crippen molar-refractivity contribution in [3.05, 3.63) is 46.5 Å². The molecule has 0 aliphatic carbocycles. The molecule has 0 unspecified atom stereocenters. The zero-order valence-corrected chi connectivity index (χ0v) is 15.0. The summed E-state index contributed by atoms with van der Waals surface area (Å²) in [5, 5.41) is 6.80. The Balaban J connectivity index is 2.16. The average Bonchev–Trinajstić information content (AvgIpc) is 2.75. The summed E-state index contributed by atoms with van der Waals surface area (Å²) in [4.78, 5) is 12.2. The number of hydrogen-bond acceptors (Lipinski definition) is 2. The maximum Gasteiger partial charge on any atom is 0.419 e. The van der Waals surface area contributed by atoms with Gasteiger partial charge in [0.05, 0.1) is 17.7 Å². The first-order chi connectivity index (χ1) is 12.0. The van der Waals surface area contributed by atoms with Crippen LogP contribution in [0.4, 0.5) is 23.2 Å². The van der Waals surface area contributed by atoms with Gasteiger partial charge in [0.15, 0.2) is 0 Å². The molecule has 0 radical (unpaired) electrons. The summed E-state index contributed by atoms with van der Waals surface area (Å²) in [5.41, 5.74) is 0.775. The van der Waals surface area contributed by atoms with E-state index in [4.69, 9.17) is 0 Å². The first-order valence-electron chi connectivity index (χ1n) is 8.18. The van der Waals surface area contributed by atoms with Crippen LogP contribution < -0.4 is 5.32 Å². The number of alkyl halides is 3. The topological polar surface area (TPSA) is 46.9 Å². The Morgan fingerprint density at radius 3 is 2.50 bits per heavy atom. The van der Waals surface area contributed by atoms with Gasteiger partial charge in [-0.3, -0.25) is 9.48 Å². The number of aryl methyl sites for hydroxylation is 1. The monoisotopic (exact) mass is 371 g/mol. The van der Waals surface area contributed by atoms with Crippen LogP contribution in [0.5, 0.6) is 0 Å². The average molecular weight is 371 g/mol. The third kappa shape index (κ3) is 4.62. The van der Waals surface area contributed by atoms with Crippen molar-refractivity contribution in [3.8, 4) is 0 Å². The highest BCUT2D eigenvalue weighted by molar-refractivity contribution is 5.92. The van der Waals surface area contributed by atoms with Crippen molar-refractivity contribution in [1.29, 1.82) is 0 Å². The molecular weight excluding hydrogens is 350 g/mol. The summed E-state index contributed by atoms with van der Waals surface area (Å²) in [6.45, 7) is 8.45. The molecule has 8 heteroatoms. The van der Waals surface area contributed by atoms with Crippen molar-refractivity contribution in [3.63, 3.8) is 0 Å². The van der Waals surface area contributed by atoms with E-state index in [9.17, 15) is 22.4 Å². The predicted molar refractivity (Wildman–Crippen MR) is 90.3 cm³/mol. The number of hydrogen-bond donors (Lipinski definition) is 1. The Bertz CT molecular complexity index is 809. The van der Waals surface area contributed by atoms with Crippen LogP contribution in [0.15, 0.2) is 18.2 Å². The number of halogens is 4. The minimum absolute atomic E-state index is 0.0194. The summed E-state index contributed by atoms with van der Waals surface area (Å²) in [6, 6.07) is 2.38. The lowest BCUT2D eigenvalue weighted by atomic mass is 10.1. The van der Waals surface area contributed by atoms with Gasteiger partial charge >= 0.3 is 6.18 Å². The number of rotatable bonds is 5. The van der Waals surface area contributed by atoms with Gasteiger partial charge in [0.1, 0.15) is 5.82 Å². The molecule has 0 spiro atoms. The van der Waals surface area contributed by atoms with E-state index in [0.717, 1.165) is 17.3 Å². The lowest BCUT2D eigenvalue weighted by Crippen LogP contribution is -2.17. The van der Waals surface area contributed by atoms with E-state index in [1.807, 2.05) is 11.6 Å². The van der Waals surface area contributed by atoms with Crippen LogP contribution in [0.2, 0.25) is 0 Å². The second kappa shape index (κ2) is 7.47. The highest BCUT2D eigenvalue weighted by Gasteiger charge is 2.34. The number of carbonyl (C=O) groups is 1. The molecule has 1 aromatic heterocycles. The van der Waals surface area contributed by atoms with Crippen LogP contribution in [0, 0.1) is 25.6 Å². The molecular formula is C18H21F4N3O. The lowest BCUT2D eigenvalue weighted by Gasteiger charge is -2.11. The van der Waals surface area contributed by atoms with Gasteiger partial charge in [-0.15, -0.1) is 0 Å². The molecule has 0 atom stereocenters. The van der Waals surface area contributed by atoms with Gasteiger partial charge in [-0.1, -0.05) is 13.8 Å². The van der Waals surface area contributed by atoms with Gasteiger partial charge in [-0.2, -0.15) is 18.3 Å². The Kier molecular flexibility index (Phi) is 5.73. The molecule has 4 nitrogen and oxygen atoms in total. The second-order valence-electron chi connectivity index (χ2n) is 6.64. The zero-order chi connectivity index (χ0) is 19.6. The largest absolute Gasteiger partial charge is 0.419 e. The van der Waals surface area contributed by atoms with Crippen molar-refractivity contribution in [2.75, 3.05) is 5.32 Å². The summed E-state index contributed by atoms with van der Waals surface area (Å²) < 4.78 is 53.4. The van der Waals surface area contributed by atoms with Crippen molar-refractivity contribution in [1.82, 2.24) is 9.78 Å². The molecule has 26 heavy (non-hydrogen) atoms. The summed E-state index contributed by atoms with van der Waals surface area (Å²) >= 11 is 0. The van der Waals surface area contributed by atoms with Crippen molar-refractivity contribution < 1.29 is 22.4 Å². The van der Waals surface area contributed by atoms with Crippen molar-refractivity contribution >= 4 is 11.6 Å². The molecule has 0 aliphatic rings. The number of amides is 1. The Morgan fingerprint density at radius 2 is 1.92 bits per heavy atom. The van der Waals surface area contributed by atoms with E-state index in [-0.39, 0.29) is 12.1 Å². The van der Waals surface area contributed by atoms with Crippen molar-refractivity contribution in [2.45, 2.75) is 46.8 Å². The Hall–Kier alpha value is -2.38. The van der Waals surface area contributed by atoms with Crippen LogP contribution in [0.25, 0.3) is 0 Å². The summed E-state index contributed by atoms with van der Waals surface area (Å²) in [6.07, 6.45) is -4.84. The van der Waals surface area contributed by atoms with Crippen LogP contribution in [-0.2, 0) is 23.9 Å². The third-order valence-corrected chi connectivity index (χ3v) is 3.96. The molecule has 1 N–H and O–H groups in total. The third-order valence-electron chi connectivity index (χ3n) is 3.96. The molecule has 0 bridgehead atoms. The molecule has 1 amide bonds. The highest BCUT2D eigenvalue weighted by Crippen LogP contribution is 2.33. The number of benzene rings is 1. The van der Waals surface area contributed by atoms with E-state index in [1.54, 1.807) is 6.92 Å². The minimum Gasteiger partial charge on any atom is -0.326 e. The fourth-order valence-corrected chi connectivity index (χ4v) is 2.70.